The third-order valence-corrected chi connectivity index (χ3v) is 2.46. The van der Waals surface area contributed by atoms with E-state index in [-0.39, 0.29) is 0 Å². The number of rotatable bonds is 1. The monoisotopic (exact) mass is 186 g/mol. The summed E-state index contributed by atoms with van der Waals surface area (Å²) in [5.74, 6) is 0. The Morgan fingerprint density at radius 2 is 2.14 bits per heavy atom. The van der Waals surface area contributed by atoms with E-state index in [1.54, 1.807) is 0 Å². The van der Waals surface area contributed by atoms with Crippen molar-refractivity contribution >= 4 is 16.6 Å². The van der Waals surface area contributed by atoms with Crippen LogP contribution in [0.5, 0.6) is 0 Å². The molecule has 0 aliphatic carbocycles. The van der Waals surface area contributed by atoms with Gasteiger partial charge in [-0.25, -0.2) is 0 Å². The van der Waals surface area contributed by atoms with Crippen LogP contribution >= 0.6 is 0 Å². The highest BCUT2D eigenvalue weighted by Crippen LogP contribution is 2.23. The van der Waals surface area contributed by atoms with E-state index in [0.29, 0.717) is 0 Å². The fraction of sp³-hybridized carbons (Fsp3) is 0.250. The summed E-state index contributed by atoms with van der Waals surface area (Å²) in [6.45, 7) is 4.11. The third-order valence-electron chi connectivity index (χ3n) is 2.46. The summed E-state index contributed by atoms with van der Waals surface area (Å²) >= 11 is 0. The summed E-state index contributed by atoms with van der Waals surface area (Å²) in [6.07, 6.45) is 0.993. The number of aromatic nitrogens is 1. The molecule has 2 nitrogen and oxygen atoms in total. The van der Waals surface area contributed by atoms with Crippen LogP contribution in [0.1, 0.15) is 18.2 Å². The standard InChI is InChI=1S/C12H14N2/c1-3-9-5-4-6-10-11(13)7-8(2)14-12(9)10/h4-7H,3H2,1-2H3,(H2,13,14). The van der Waals surface area contributed by atoms with Crippen LogP contribution in [0.15, 0.2) is 24.3 Å². The molecule has 0 saturated heterocycles. The Morgan fingerprint density at radius 3 is 2.86 bits per heavy atom. The van der Waals surface area contributed by atoms with Crippen molar-refractivity contribution < 1.29 is 0 Å². The molecule has 0 atom stereocenters. The second-order valence-electron chi connectivity index (χ2n) is 3.52. The summed E-state index contributed by atoms with van der Waals surface area (Å²) in [6, 6.07) is 8.08. The second kappa shape index (κ2) is 3.29. The van der Waals surface area contributed by atoms with E-state index < -0.39 is 0 Å². The van der Waals surface area contributed by atoms with Gasteiger partial charge in [0.25, 0.3) is 0 Å². The van der Waals surface area contributed by atoms with Crippen molar-refractivity contribution in [2.24, 2.45) is 0 Å². The molecule has 0 aliphatic rings. The van der Waals surface area contributed by atoms with Crippen molar-refractivity contribution in [3.8, 4) is 0 Å². The van der Waals surface area contributed by atoms with Crippen molar-refractivity contribution in [3.63, 3.8) is 0 Å². The number of anilines is 1. The fourth-order valence-electron chi connectivity index (χ4n) is 1.75. The minimum Gasteiger partial charge on any atom is -0.398 e. The van der Waals surface area contributed by atoms with E-state index in [2.05, 4.69) is 18.0 Å². The molecule has 0 saturated carbocycles. The number of aryl methyl sites for hydroxylation is 2. The number of hydrogen-bond donors (Lipinski definition) is 1. The number of benzene rings is 1. The molecule has 0 unspecified atom stereocenters. The lowest BCUT2D eigenvalue weighted by atomic mass is 10.1. The van der Waals surface area contributed by atoms with Gasteiger partial charge in [0.15, 0.2) is 0 Å². The number of para-hydroxylation sites is 1. The molecular formula is C12H14N2. The molecule has 0 aliphatic heterocycles. The maximum absolute atomic E-state index is 5.94. The van der Waals surface area contributed by atoms with Crippen molar-refractivity contribution in [1.82, 2.24) is 4.98 Å². The normalized spacial score (nSPS) is 10.7. The van der Waals surface area contributed by atoms with Gasteiger partial charge in [0.05, 0.1) is 5.52 Å². The highest BCUT2D eigenvalue weighted by molar-refractivity contribution is 5.92. The Bertz CT molecular complexity index is 475. The first-order valence-electron chi connectivity index (χ1n) is 4.87. The first kappa shape index (κ1) is 9.00. The fourth-order valence-corrected chi connectivity index (χ4v) is 1.75. The Kier molecular flexibility index (Phi) is 2.12. The zero-order valence-electron chi connectivity index (χ0n) is 8.54. The number of pyridine rings is 1. The van der Waals surface area contributed by atoms with Crippen LogP contribution in [0.25, 0.3) is 10.9 Å². The molecule has 0 bridgehead atoms. The van der Waals surface area contributed by atoms with Crippen LogP contribution < -0.4 is 5.73 Å². The van der Waals surface area contributed by atoms with Crippen LogP contribution in [0.2, 0.25) is 0 Å². The summed E-state index contributed by atoms with van der Waals surface area (Å²) in [4.78, 5) is 4.53. The first-order chi connectivity index (χ1) is 6.72. The SMILES string of the molecule is CCc1cccc2c(N)cc(C)nc12. The minimum atomic E-state index is 0.822. The van der Waals surface area contributed by atoms with Crippen LogP contribution in [0.3, 0.4) is 0 Å². The van der Waals surface area contributed by atoms with Gasteiger partial charge in [0.2, 0.25) is 0 Å². The second-order valence-corrected chi connectivity index (χ2v) is 3.52. The minimum absolute atomic E-state index is 0.822. The molecule has 72 valence electrons. The van der Waals surface area contributed by atoms with Crippen molar-refractivity contribution in [3.05, 3.63) is 35.5 Å². The van der Waals surface area contributed by atoms with Gasteiger partial charge in [-0.05, 0) is 25.0 Å². The quantitative estimate of drug-likeness (QED) is 0.743. The zero-order valence-corrected chi connectivity index (χ0v) is 8.54. The largest absolute Gasteiger partial charge is 0.398 e. The first-order valence-corrected chi connectivity index (χ1v) is 4.87. The van der Waals surface area contributed by atoms with Gasteiger partial charge in [0.1, 0.15) is 0 Å². The molecule has 0 radical (unpaired) electrons. The molecule has 14 heavy (non-hydrogen) atoms. The Hall–Kier alpha value is -1.57. The van der Waals surface area contributed by atoms with E-state index in [4.69, 9.17) is 5.73 Å². The van der Waals surface area contributed by atoms with Crippen LogP contribution in [0, 0.1) is 6.92 Å². The molecule has 1 aromatic carbocycles. The van der Waals surface area contributed by atoms with Crippen LogP contribution in [-0.4, -0.2) is 4.98 Å². The van der Waals surface area contributed by atoms with Gasteiger partial charge in [0, 0.05) is 16.8 Å². The number of hydrogen-bond acceptors (Lipinski definition) is 2. The van der Waals surface area contributed by atoms with Gasteiger partial charge >= 0.3 is 0 Å². The van der Waals surface area contributed by atoms with E-state index in [9.17, 15) is 0 Å². The average Bonchev–Trinajstić information content (AvgIpc) is 2.17. The van der Waals surface area contributed by atoms with Crippen LogP contribution in [0.4, 0.5) is 5.69 Å². The molecule has 2 heteroatoms. The summed E-state index contributed by atoms with van der Waals surface area (Å²) in [5, 5.41) is 1.06. The highest BCUT2D eigenvalue weighted by Gasteiger charge is 2.03. The highest BCUT2D eigenvalue weighted by atomic mass is 14.7. The van der Waals surface area contributed by atoms with Gasteiger partial charge in [-0.1, -0.05) is 25.1 Å². The molecule has 2 N–H and O–H groups in total. The topological polar surface area (TPSA) is 38.9 Å². The number of fused-ring (bicyclic) bond motifs is 1. The number of nitrogen functional groups attached to an aromatic ring is 1. The molecule has 0 spiro atoms. The summed E-state index contributed by atoms with van der Waals surface area (Å²) in [5.41, 5.74) is 10.1. The van der Waals surface area contributed by atoms with Crippen molar-refractivity contribution in [1.29, 1.82) is 0 Å². The van der Waals surface area contributed by atoms with E-state index in [1.807, 2.05) is 25.1 Å². The molecule has 1 aromatic heterocycles. The molecule has 2 rings (SSSR count). The molecule has 2 aromatic rings. The number of nitrogens with two attached hydrogens (primary N) is 1. The maximum Gasteiger partial charge on any atom is 0.0757 e. The molecule has 0 amide bonds. The lowest BCUT2D eigenvalue weighted by Crippen LogP contribution is -1.94. The Balaban J connectivity index is 2.86. The van der Waals surface area contributed by atoms with Crippen molar-refractivity contribution in [2.75, 3.05) is 5.73 Å². The number of nitrogens with zero attached hydrogens (tertiary/aromatic N) is 1. The van der Waals surface area contributed by atoms with Gasteiger partial charge < -0.3 is 5.73 Å². The van der Waals surface area contributed by atoms with Crippen LogP contribution in [-0.2, 0) is 6.42 Å². The third kappa shape index (κ3) is 1.33. The van der Waals surface area contributed by atoms with Gasteiger partial charge in [-0.2, -0.15) is 0 Å². The van der Waals surface area contributed by atoms with E-state index in [0.717, 1.165) is 28.7 Å². The average molecular weight is 186 g/mol. The zero-order chi connectivity index (χ0) is 10.1. The predicted octanol–water partition coefficient (Wildman–Crippen LogP) is 2.69. The predicted molar refractivity (Wildman–Crippen MR) is 60.3 cm³/mol. The summed E-state index contributed by atoms with van der Waals surface area (Å²) < 4.78 is 0. The van der Waals surface area contributed by atoms with Crippen molar-refractivity contribution in [2.45, 2.75) is 20.3 Å². The molecule has 1 heterocycles. The lowest BCUT2D eigenvalue weighted by Gasteiger charge is -2.06. The molecule has 0 fully saturated rings. The Labute approximate surface area is 83.8 Å². The smallest absolute Gasteiger partial charge is 0.0757 e. The van der Waals surface area contributed by atoms with E-state index in [1.165, 1.54) is 5.56 Å². The maximum atomic E-state index is 5.94. The van der Waals surface area contributed by atoms with Gasteiger partial charge in [-0.3, -0.25) is 4.98 Å². The summed E-state index contributed by atoms with van der Waals surface area (Å²) in [7, 11) is 0. The lowest BCUT2D eigenvalue weighted by molar-refractivity contribution is 1.13. The Morgan fingerprint density at radius 1 is 1.36 bits per heavy atom. The van der Waals surface area contributed by atoms with E-state index >= 15 is 0 Å². The van der Waals surface area contributed by atoms with Gasteiger partial charge in [-0.15, -0.1) is 0 Å². The molecular weight excluding hydrogens is 172 g/mol.